The standard InChI is InChI=1S/C22H26ClN3O3S/c1-15-6-4-5-7-19(15)22(27)24-21-9-8-18(14-20(21)23)30(28,29)25-16(2)17-10-12-26(3)13-11-17/h4-9,14,17H,10-13H2,1-3H3,(H,24,27). The topological polar surface area (TPSA) is 78.8 Å². The molecule has 0 aliphatic carbocycles. The smallest absolute Gasteiger partial charge is 0.282 e. The molecule has 30 heavy (non-hydrogen) atoms. The molecule has 8 heteroatoms. The molecule has 1 aliphatic rings. The Labute approximate surface area is 183 Å². The third-order valence-electron chi connectivity index (χ3n) is 5.45. The number of halogens is 1. The number of nitrogens with zero attached hydrogens (tertiary/aromatic N) is 2. The van der Waals surface area contributed by atoms with Gasteiger partial charge in [-0.2, -0.15) is 12.8 Å². The van der Waals surface area contributed by atoms with Crippen molar-refractivity contribution >= 4 is 38.9 Å². The molecule has 1 heterocycles. The van der Waals surface area contributed by atoms with Gasteiger partial charge in [0.1, 0.15) is 0 Å². The average Bonchev–Trinajstić information content (AvgIpc) is 2.69. The molecule has 0 radical (unpaired) electrons. The molecule has 0 bridgehead atoms. The van der Waals surface area contributed by atoms with Crippen molar-refractivity contribution in [2.75, 3.05) is 25.5 Å². The second-order valence-corrected chi connectivity index (χ2v) is 9.71. The second-order valence-electron chi connectivity index (χ2n) is 7.70. The Bertz CT molecular complexity index is 1070. The van der Waals surface area contributed by atoms with Crippen LogP contribution in [0.1, 0.15) is 35.7 Å². The van der Waals surface area contributed by atoms with Gasteiger partial charge >= 0.3 is 0 Å². The number of hydrogen-bond donors (Lipinski definition) is 1. The fourth-order valence-corrected chi connectivity index (χ4v) is 4.95. The van der Waals surface area contributed by atoms with E-state index >= 15 is 0 Å². The molecule has 2 aromatic carbocycles. The van der Waals surface area contributed by atoms with Gasteiger partial charge in [-0.1, -0.05) is 29.8 Å². The minimum Gasteiger partial charge on any atom is -0.321 e. The number of sulfonamides is 1. The number of carbonyl (C=O) groups excluding carboxylic acids is 1. The van der Waals surface area contributed by atoms with Gasteiger partial charge in [-0.3, -0.25) is 4.79 Å². The van der Waals surface area contributed by atoms with Crippen LogP contribution in [0.4, 0.5) is 5.69 Å². The minimum absolute atomic E-state index is 0.00803. The zero-order valence-electron chi connectivity index (χ0n) is 17.4. The van der Waals surface area contributed by atoms with Crippen LogP contribution in [0.25, 0.3) is 0 Å². The summed E-state index contributed by atoms with van der Waals surface area (Å²) in [5, 5.41) is 2.88. The molecule has 0 spiro atoms. The number of aryl methyl sites for hydroxylation is 1. The summed E-state index contributed by atoms with van der Waals surface area (Å²) in [6.07, 6.45) is 1.79. The lowest BCUT2D eigenvalue weighted by molar-refractivity contribution is 0.102. The van der Waals surface area contributed by atoms with Gasteiger partial charge in [-0.05, 0) is 76.7 Å². The predicted octanol–water partition coefficient (Wildman–Crippen LogP) is 4.39. The summed E-state index contributed by atoms with van der Waals surface area (Å²) in [6.45, 7) is 5.47. The van der Waals surface area contributed by atoms with Gasteiger partial charge in [0.2, 0.25) is 0 Å². The SMILES string of the molecule is CC(=NS(=O)(=O)c1ccc(NC(=O)c2ccccc2C)c(Cl)c1)C1CCN(C)CC1. The summed E-state index contributed by atoms with van der Waals surface area (Å²) in [6, 6.07) is 11.4. The molecule has 0 aromatic heterocycles. The van der Waals surface area contributed by atoms with E-state index in [0.29, 0.717) is 17.0 Å². The lowest BCUT2D eigenvalue weighted by atomic mass is 9.93. The molecule has 3 rings (SSSR count). The van der Waals surface area contributed by atoms with E-state index in [1.165, 1.54) is 18.2 Å². The van der Waals surface area contributed by atoms with E-state index in [4.69, 9.17) is 11.6 Å². The van der Waals surface area contributed by atoms with Gasteiger partial charge in [0, 0.05) is 17.2 Å². The maximum absolute atomic E-state index is 12.8. The highest BCUT2D eigenvalue weighted by molar-refractivity contribution is 7.90. The largest absolute Gasteiger partial charge is 0.321 e. The van der Waals surface area contributed by atoms with Gasteiger partial charge in [-0.25, -0.2) is 0 Å². The molecule has 1 N–H and O–H groups in total. The van der Waals surface area contributed by atoms with Crippen molar-refractivity contribution in [3.63, 3.8) is 0 Å². The van der Waals surface area contributed by atoms with Crippen LogP contribution < -0.4 is 5.32 Å². The highest BCUT2D eigenvalue weighted by Gasteiger charge is 2.22. The Kier molecular flexibility index (Phi) is 6.95. The molecule has 1 fully saturated rings. The molecular formula is C22H26ClN3O3S. The Hall–Kier alpha value is -2.22. The lowest BCUT2D eigenvalue weighted by Gasteiger charge is -2.28. The van der Waals surface area contributed by atoms with Crippen LogP contribution in [0.2, 0.25) is 5.02 Å². The normalized spacial score (nSPS) is 16.5. The Morgan fingerprint density at radius 1 is 1.17 bits per heavy atom. The molecule has 160 valence electrons. The van der Waals surface area contributed by atoms with Gasteiger partial charge < -0.3 is 10.2 Å². The van der Waals surface area contributed by atoms with E-state index in [9.17, 15) is 13.2 Å². The number of hydrogen-bond acceptors (Lipinski definition) is 4. The summed E-state index contributed by atoms with van der Waals surface area (Å²) in [4.78, 5) is 14.7. The summed E-state index contributed by atoms with van der Waals surface area (Å²) < 4.78 is 29.6. The summed E-state index contributed by atoms with van der Waals surface area (Å²) in [5.74, 6) is -0.138. The third kappa shape index (κ3) is 5.28. The van der Waals surface area contributed by atoms with Crippen LogP contribution in [-0.4, -0.2) is 45.1 Å². The number of carbonyl (C=O) groups is 1. The number of anilines is 1. The van der Waals surface area contributed by atoms with E-state index < -0.39 is 10.0 Å². The highest BCUT2D eigenvalue weighted by Crippen LogP contribution is 2.28. The van der Waals surface area contributed by atoms with Crippen molar-refractivity contribution in [3.8, 4) is 0 Å². The number of amides is 1. The lowest BCUT2D eigenvalue weighted by Crippen LogP contribution is -2.33. The molecule has 1 amide bonds. The molecule has 0 unspecified atom stereocenters. The maximum Gasteiger partial charge on any atom is 0.282 e. The van der Waals surface area contributed by atoms with Gasteiger partial charge in [-0.15, -0.1) is 0 Å². The molecule has 0 atom stereocenters. The van der Waals surface area contributed by atoms with Crippen LogP contribution in [0, 0.1) is 12.8 Å². The fourth-order valence-electron chi connectivity index (χ4n) is 3.52. The zero-order valence-corrected chi connectivity index (χ0v) is 18.9. The number of benzene rings is 2. The number of piperidine rings is 1. The monoisotopic (exact) mass is 447 g/mol. The third-order valence-corrected chi connectivity index (χ3v) is 7.14. The van der Waals surface area contributed by atoms with Crippen molar-refractivity contribution in [3.05, 3.63) is 58.6 Å². The van der Waals surface area contributed by atoms with Crippen LogP contribution in [0.5, 0.6) is 0 Å². The van der Waals surface area contributed by atoms with E-state index in [2.05, 4.69) is 21.7 Å². The molecular weight excluding hydrogens is 422 g/mol. The van der Waals surface area contributed by atoms with Crippen LogP contribution in [0.3, 0.4) is 0 Å². The Morgan fingerprint density at radius 3 is 2.47 bits per heavy atom. The first kappa shape index (κ1) is 22.5. The summed E-state index contributed by atoms with van der Waals surface area (Å²) in [5.41, 5.74) is 2.34. The molecule has 6 nitrogen and oxygen atoms in total. The Balaban J connectivity index is 1.77. The first-order chi connectivity index (χ1) is 14.2. The first-order valence-corrected chi connectivity index (χ1v) is 11.7. The van der Waals surface area contributed by atoms with Crippen LogP contribution in [0.15, 0.2) is 51.8 Å². The minimum atomic E-state index is -3.87. The fraction of sp³-hybridized carbons (Fsp3) is 0.364. The van der Waals surface area contributed by atoms with Crippen LogP contribution >= 0.6 is 11.6 Å². The van der Waals surface area contributed by atoms with Crippen molar-refractivity contribution in [2.45, 2.75) is 31.6 Å². The highest BCUT2D eigenvalue weighted by atomic mass is 35.5. The van der Waals surface area contributed by atoms with E-state index in [-0.39, 0.29) is 21.7 Å². The number of likely N-dealkylation sites (tertiary alicyclic amines) is 1. The molecule has 2 aromatic rings. The summed E-state index contributed by atoms with van der Waals surface area (Å²) in [7, 11) is -1.82. The quantitative estimate of drug-likeness (QED) is 0.689. The van der Waals surface area contributed by atoms with E-state index in [1.807, 2.05) is 19.1 Å². The van der Waals surface area contributed by atoms with Crippen molar-refractivity contribution < 1.29 is 13.2 Å². The Morgan fingerprint density at radius 2 is 1.83 bits per heavy atom. The van der Waals surface area contributed by atoms with Gasteiger partial charge in [0.15, 0.2) is 0 Å². The van der Waals surface area contributed by atoms with E-state index in [0.717, 1.165) is 31.5 Å². The number of nitrogens with one attached hydrogen (secondary N) is 1. The molecule has 0 saturated carbocycles. The predicted molar refractivity (Wildman–Crippen MR) is 121 cm³/mol. The second kappa shape index (κ2) is 9.29. The first-order valence-electron chi connectivity index (χ1n) is 9.84. The van der Waals surface area contributed by atoms with Crippen molar-refractivity contribution in [2.24, 2.45) is 10.3 Å². The average molecular weight is 448 g/mol. The summed E-state index contributed by atoms with van der Waals surface area (Å²) >= 11 is 6.27. The van der Waals surface area contributed by atoms with E-state index in [1.54, 1.807) is 19.1 Å². The van der Waals surface area contributed by atoms with Crippen molar-refractivity contribution in [1.29, 1.82) is 0 Å². The maximum atomic E-state index is 12.8. The molecule has 1 saturated heterocycles. The van der Waals surface area contributed by atoms with Gasteiger partial charge in [0.25, 0.3) is 15.9 Å². The number of rotatable bonds is 5. The van der Waals surface area contributed by atoms with Crippen molar-refractivity contribution in [1.82, 2.24) is 4.90 Å². The van der Waals surface area contributed by atoms with Crippen LogP contribution in [-0.2, 0) is 10.0 Å². The van der Waals surface area contributed by atoms with Gasteiger partial charge in [0.05, 0.1) is 15.6 Å². The molecule has 1 aliphatic heterocycles. The zero-order chi connectivity index (χ0) is 21.9.